The van der Waals surface area contributed by atoms with Crippen LogP contribution in [0.25, 0.3) is 0 Å². The molecule has 0 aliphatic rings. The first-order valence-electron chi connectivity index (χ1n) is 6.74. The lowest BCUT2D eigenvalue weighted by Crippen LogP contribution is -2.14. The molecule has 2 aromatic rings. The fourth-order valence-corrected chi connectivity index (χ4v) is 2.06. The summed E-state index contributed by atoms with van der Waals surface area (Å²) in [7, 11) is 0. The number of carbonyl (C=O) groups is 2. The first-order chi connectivity index (χ1) is 10.6. The standard InChI is InChI=1S/C17H15N3O2/c1-12(21)19-14-6-4-7-15(11-14)20-17(22)16-8-3-2-5-13(16)9-10-18/h2-8,11H,9H2,1H3,(H,19,21)(H,20,22). The molecule has 2 amide bonds. The summed E-state index contributed by atoms with van der Waals surface area (Å²) in [5.41, 5.74) is 2.33. The number of anilines is 2. The molecule has 0 aliphatic heterocycles. The van der Waals surface area contributed by atoms with E-state index in [2.05, 4.69) is 10.6 Å². The number of nitrogens with one attached hydrogen (secondary N) is 2. The highest BCUT2D eigenvalue weighted by Crippen LogP contribution is 2.17. The summed E-state index contributed by atoms with van der Waals surface area (Å²) in [6.45, 7) is 1.42. The molecule has 110 valence electrons. The molecule has 2 N–H and O–H groups in total. The topological polar surface area (TPSA) is 82.0 Å². The van der Waals surface area contributed by atoms with Crippen LogP contribution >= 0.6 is 0 Å². The number of carbonyl (C=O) groups excluding carboxylic acids is 2. The highest BCUT2D eigenvalue weighted by atomic mass is 16.2. The Balaban J connectivity index is 2.19. The van der Waals surface area contributed by atoms with E-state index in [0.717, 1.165) is 0 Å². The van der Waals surface area contributed by atoms with E-state index in [9.17, 15) is 9.59 Å². The minimum absolute atomic E-state index is 0.176. The van der Waals surface area contributed by atoms with E-state index >= 15 is 0 Å². The number of hydrogen-bond acceptors (Lipinski definition) is 3. The second kappa shape index (κ2) is 7.04. The summed E-state index contributed by atoms with van der Waals surface area (Å²) in [6, 6.07) is 15.9. The molecular weight excluding hydrogens is 278 g/mol. The van der Waals surface area contributed by atoms with E-state index in [0.29, 0.717) is 22.5 Å². The van der Waals surface area contributed by atoms with E-state index in [1.807, 2.05) is 6.07 Å². The molecule has 2 rings (SSSR count). The first kappa shape index (κ1) is 15.3. The molecule has 22 heavy (non-hydrogen) atoms. The van der Waals surface area contributed by atoms with Crippen LogP contribution < -0.4 is 10.6 Å². The maximum Gasteiger partial charge on any atom is 0.255 e. The lowest BCUT2D eigenvalue weighted by molar-refractivity contribution is -0.114. The van der Waals surface area contributed by atoms with Crippen LogP contribution in [0.2, 0.25) is 0 Å². The lowest BCUT2D eigenvalue weighted by atomic mass is 10.0. The van der Waals surface area contributed by atoms with Gasteiger partial charge in [0, 0.05) is 23.9 Å². The normalized spacial score (nSPS) is 9.64. The summed E-state index contributed by atoms with van der Waals surface area (Å²) in [6.07, 6.45) is 0.176. The summed E-state index contributed by atoms with van der Waals surface area (Å²) in [5.74, 6) is -0.464. The second-order valence-electron chi connectivity index (χ2n) is 4.71. The van der Waals surface area contributed by atoms with Gasteiger partial charge in [-0.25, -0.2) is 0 Å². The molecule has 0 bridgehead atoms. The number of rotatable bonds is 4. The number of nitrogens with zero attached hydrogens (tertiary/aromatic N) is 1. The minimum atomic E-state index is -0.286. The van der Waals surface area contributed by atoms with Crippen LogP contribution in [-0.2, 0) is 11.2 Å². The molecule has 0 saturated heterocycles. The van der Waals surface area contributed by atoms with E-state index in [1.165, 1.54) is 6.92 Å². The third-order valence-corrected chi connectivity index (χ3v) is 2.97. The first-order valence-corrected chi connectivity index (χ1v) is 6.74. The Morgan fingerprint density at radius 2 is 1.73 bits per heavy atom. The highest BCUT2D eigenvalue weighted by molar-refractivity contribution is 6.05. The fraction of sp³-hybridized carbons (Fsp3) is 0.118. The molecule has 0 spiro atoms. The zero-order valence-corrected chi connectivity index (χ0v) is 12.1. The summed E-state index contributed by atoms with van der Waals surface area (Å²) in [4.78, 5) is 23.4. The van der Waals surface area contributed by atoms with Gasteiger partial charge in [0.15, 0.2) is 0 Å². The Hall–Kier alpha value is -3.13. The van der Waals surface area contributed by atoms with Gasteiger partial charge < -0.3 is 10.6 Å². The monoisotopic (exact) mass is 293 g/mol. The van der Waals surface area contributed by atoms with Gasteiger partial charge in [-0.05, 0) is 29.8 Å². The highest BCUT2D eigenvalue weighted by Gasteiger charge is 2.11. The molecule has 5 nitrogen and oxygen atoms in total. The Kier molecular flexibility index (Phi) is 4.89. The van der Waals surface area contributed by atoms with Crippen LogP contribution in [0.3, 0.4) is 0 Å². The Labute approximate surface area is 128 Å². The van der Waals surface area contributed by atoms with Gasteiger partial charge in [0.1, 0.15) is 0 Å². The molecule has 0 aromatic heterocycles. The average molecular weight is 293 g/mol. The number of amides is 2. The van der Waals surface area contributed by atoms with Crippen LogP contribution in [0.5, 0.6) is 0 Å². The lowest BCUT2D eigenvalue weighted by Gasteiger charge is -2.10. The van der Waals surface area contributed by atoms with Gasteiger partial charge in [-0.3, -0.25) is 9.59 Å². The second-order valence-corrected chi connectivity index (χ2v) is 4.71. The molecule has 5 heteroatoms. The molecule has 0 saturated carbocycles. The van der Waals surface area contributed by atoms with Crippen molar-refractivity contribution in [1.82, 2.24) is 0 Å². The van der Waals surface area contributed by atoms with Gasteiger partial charge in [0.05, 0.1) is 12.5 Å². The van der Waals surface area contributed by atoms with Crippen molar-refractivity contribution < 1.29 is 9.59 Å². The molecule has 0 radical (unpaired) electrons. The molecule has 0 heterocycles. The van der Waals surface area contributed by atoms with Crippen molar-refractivity contribution in [3.8, 4) is 6.07 Å². The van der Waals surface area contributed by atoms with Crippen molar-refractivity contribution in [2.75, 3.05) is 10.6 Å². The van der Waals surface area contributed by atoms with Crippen LogP contribution in [0.1, 0.15) is 22.8 Å². The maximum absolute atomic E-state index is 12.3. The predicted molar refractivity (Wildman–Crippen MR) is 84.5 cm³/mol. The molecule has 0 atom stereocenters. The third kappa shape index (κ3) is 3.93. The van der Waals surface area contributed by atoms with E-state index in [1.54, 1.807) is 48.5 Å². The fourth-order valence-electron chi connectivity index (χ4n) is 2.06. The quantitative estimate of drug-likeness (QED) is 0.909. The number of nitriles is 1. The average Bonchev–Trinajstić information content (AvgIpc) is 2.47. The zero-order chi connectivity index (χ0) is 15.9. The number of benzene rings is 2. The smallest absolute Gasteiger partial charge is 0.255 e. The maximum atomic E-state index is 12.3. The van der Waals surface area contributed by atoms with Crippen LogP contribution in [-0.4, -0.2) is 11.8 Å². The molecule has 0 fully saturated rings. The summed E-state index contributed by atoms with van der Waals surface area (Å²) < 4.78 is 0. The van der Waals surface area contributed by atoms with E-state index in [4.69, 9.17) is 5.26 Å². The van der Waals surface area contributed by atoms with Crippen molar-refractivity contribution in [2.24, 2.45) is 0 Å². The van der Waals surface area contributed by atoms with Crippen molar-refractivity contribution >= 4 is 23.2 Å². The minimum Gasteiger partial charge on any atom is -0.326 e. The molecular formula is C17H15N3O2. The van der Waals surface area contributed by atoms with Gasteiger partial charge >= 0.3 is 0 Å². The van der Waals surface area contributed by atoms with Crippen LogP contribution in [0, 0.1) is 11.3 Å². The Morgan fingerprint density at radius 3 is 2.41 bits per heavy atom. The molecule has 0 unspecified atom stereocenters. The van der Waals surface area contributed by atoms with Gasteiger partial charge in [-0.2, -0.15) is 5.26 Å². The zero-order valence-electron chi connectivity index (χ0n) is 12.1. The van der Waals surface area contributed by atoms with Gasteiger partial charge in [0.2, 0.25) is 5.91 Å². The molecule has 0 aliphatic carbocycles. The van der Waals surface area contributed by atoms with Crippen molar-refractivity contribution in [3.05, 3.63) is 59.7 Å². The Bertz CT molecular complexity index is 748. The van der Waals surface area contributed by atoms with Crippen LogP contribution in [0.15, 0.2) is 48.5 Å². The number of hydrogen-bond donors (Lipinski definition) is 2. The third-order valence-electron chi connectivity index (χ3n) is 2.97. The van der Waals surface area contributed by atoms with Gasteiger partial charge in [-0.15, -0.1) is 0 Å². The predicted octanol–water partition coefficient (Wildman–Crippen LogP) is 2.96. The van der Waals surface area contributed by atoms with Gasteiger partial charge in [0.25, 0.3) is 5.91 Å². The van der Waals surface area contributed by atoms with E-state index in [-0.39, 0.29) is 18.2 Å². The van der Waals surface area contributed by atoms with Crippen molar-refractivity contribution in [1.29, 1.82) is 5.26 Å². The SMILES string of the molecule is CC(=O)Nc1cccc(NC(=O)c2ccccc2CC#N)c1. The summed E-state index contributed by atoms with van der Waals surface area (Å²) >= 11 is 0. The summed E-state index contributed by atoms with van der Waals surface area (Å²) in [5, 5.41) is 14.2. The van der Waals surface area contributed by atoms with Gasteiger partial charge in [-0.1, -0.05) is 24.3 Å². The van der Waals surface area contributed by atoms with Crippen molar-refractivity contribution in [3.63, 3.8) is 0 Å². The van der Waals surface area contributed by atoms with Crippen LogP contribution in [0.4, 0.5) is 11.4 Å². The largest absolute Gasteiger partial charge is 0.326 e. The molecule has 2 aromatic carbocycles. The van der Waals surface area contributed by atoms with Crippen molar-refractivity contribution in [2.45, 2.75) is 13.3 Å². The Morgan fingerprint density at radius 1 is 1.05 bits per heavy atom. The van der Waals surface area contributed by atoms with E-state index < -0.39 is 0 Å².